The summed E-state index contributed by atoms with van der Waals surface area (Å²) in [6.45, 7) is 4.77. The second-order valence-corrected chi connectivity index (χ2v) is 9.99. The average Bonchev–Trinajstić information content (AvgIpc) is 2.90. The van der Waals surface area contributed by atoms with Gasteiger partial charge in [-0.2, -0.15) is 0 Å². The van der Waals surface area contributed by atoms with E-state index in [-0.39, 0.29) is 11.6 Å². The fraction of sp³-hybridized carbons (Fsp3) is 0.419. The summed E-state index contributed by atoms with van der Waals surface area (Å²) in [5, 5.41) is 3.26. The Bertz CT molecular complexity index is 1010. The molecule has 0 aromatic heterocycles. The first-order chi connectivity index (χ1) is 17.1. The van der Waals surface area contributed by atoms with Gasteiger partial charge in [-0.1, -0.05) is 84.9 Å². The van der Waals surface area contributed by atoms with Crippen LogP contribution in [0.1, 0.15) is 47.6 Å². The Hall–Kier alpha value is -2.50. The number of piperidine rings is 1. The molecular weight excluding hydrogens is 430 g/mol. The van der Waals surface area contributed by atoms with E-state index in [0.717, 1.165) is 45.4 Å². The summed E-state index contributed by atoms with van der Waals surface area (Å²) in [6, 6.07) is 30.5. The molecule has 0 aliphatic carbocycles. The number of hydrogen-bond acceptors (Lipinski definition) is 4. The van der Waals surface area contributed by atoms with Gasteiger partial charge in [-0.3, -0.25) is 9.80 Å². The van der Waals surface area contributed by atoms with Crippen molar-refractivity contribution in [3.05, 3.63) is 107 Å². The summed E-state index contributed by atoms with van der Waals surface area (Å²) in [5.41, 5.74) is 5.43. The third-order valence-electron chi connectivity index (χ3n) is 7.53. The second kappa shape index (κ2) is 12.5. The highest BCUT2D eigenvalue weighted by atomic mass is 16.5. The molecule has 186 valence electrons. The minimum atomic E-state index is 0.103. The van der Waals surface area contributed by atoms with E-state index in [9.17, 15) is 0 Å². The van der Waals surface area contributed by atoms with Gasteiger partial charge < -0.3 is 10.1 Å². The highest BCUT2D eigenvalue weighted by molar-refractivity contribution is 5.27. The first-order valence-corrected chi connectivity index (χ1v) is 12.9. The summed E-state index contributed by atoms with van der Waals surface area (Å²) in [7, 11) is 6.45. The molecule has 1 saturated heterocycles. The number of nitrogens with zero attached hydrogens (tertiary/aromatic N) is 2. The van der Waals surface area contributed by atoms with Gasteiger partial charge in [-0.05, 0) is 69.2 Å². The van der Waals surface area contributed by atoms with E-state index in [4.69, 9.17) is 4.74 Å². The van der Waals surface area contributed by atoms with Crippen LogP contribution in [0, 0.1) is 0 Å². The molecule has 1 unspecified atom stereocenters. The van der Waals surface area contributed by atoms with E-state index in [2.05, 4.69) is 114 Å². The molecular formula is C31H41N3O. The lowest BCUT2D eigenvalue weighted by atomic mass is 9.79. The van der Waals surface area contributed by atoms with E-state index in [1.54, 1.807) is 0 Å². The molecule has 0 radical (unpaired) electrons. The number of likely N-dealkylation sites (tertiary alicyclic amines) is 1. The zero-order valence-electron chi connectivity index (χ0n) is 21.6. The molecule has 4 heteroatoms. The minimum absolute atomic E-state index is 0.103. The lowest BCUT2D eigenvalue weighted by molar-refractivity contribution is 0.0342. The largest absolute Gasteiger partial charge is 0.369 e. The summed E-state index contributed by atoms with van der Waals surface area (Å²) in [6.07, 6.45) is 3.36. The van der Waals surface area contributed by atoms with Gasteiger partial charge in [0.2, 0.25) is 0 Å². The van der Waals surface area contributed by atoms with Gasteiger partial charge in [-0.25, -0.2) is 0 Å². The van der Waals surface area contributed by atoms with Crippen LogP contribution in [0.15, 0.2) is 84.9 Å². The molecule has 4 nitrogen and oxygen atoms in total. The molecule has 1 aliphatic heterocycles. The normalized spacial score (nSPS) is 16.9. The van der Waals surface area contributed by atoms with Gasteiger partial charge >= 0.3 is 0 Å². The third kappa shape index (κ3) is 6.59. The van der Waals surface area contributed by atoms with Gasteiger partial charge in [0.05, 0.1) is 12.7 Å². The maximum Gasteiger partial charge on any atom is 0.0841 e. The number of rotatable bonds is 11. The standard InChI is InChI=1S/C31H41N3O/c1-32-20-17-30(28-13-6-4-7-14-28)35-25-27-12-10-11-26(23-27)24-34-21-18-31(19-22-34,33(2)3)29-15-8-5-9-16-29/h4-16,23,30,32H,17-22,24-25H2,1-3H3. The predicted molar refractivity (Wildman–Crippen MR) is 145 cm³/mol. The number of ether oxygens (including phenoxy) is 1. The molecule has 1 heterocycles. The van der Waals surface area contributed by atoms with E-state index in [0.29, 0.717) is 6.61 Å². The van der Waals surface area contributed by atoms with Crippen molar-refractivity contribution in [3.8, 4) is 0 Å². The van der Waals surface area contributed by atoms with Crippen LogP contribution in [-0.4, -0.2) is 50.6 Å². The van der Waals surface area contributed by atoms with Crippen LogP contribution in [0.5, 0.6) is 0 Å². The smallest absolute Gasteiger partial charge is 0.0841 e. The summed E-state index contributed by atoms with van der Waals surface area (Å²) in [5.74, 6) is 0. The molecule has 0 bridgehead atoms. The molecule has 4 rings (SSSR count). The maximum absolute atomic E-state index is 6.40. The van der Waals surface area contributed by atoms with Crippen molar-refractivity contribution in [2.45, 2.75) is 44.1 Å². The maximum atomic E-state index is 6.40. The van der Waals surface area contributed by atoms with Crippen LogP contribution in [0.3, 0.4) is 0 Å². The number of benzene rings is 3. The van der Waals surface area contributed by atoms with Crippen LogP contribution in [0.4, 0.5) is 0 Å². The Kier molecular flexibility index (Phi) is 9.11. The molecule has 0 amide bonds. The Balaban J connectivity index is 1.36. The number of hydrogen-bond donors (Lipinski definition) is 1. The highest BCUT2D eigenvalue weighted by Crippen LogP contribution is 2.37. The second-order valence-electron chi connectivity index (χ2n) is 9.99. The Morgan fingerprint density at radius 1 is 0.886 bits per heavy atom. The molecule has 3 aromatic carbocycles. The fourth-order valence-corrected chi connectivity index (χ4v) is 5.39. The third-order valence-corrected chi connectivity index (χ3v) is 7.53. The summed E-state index contributed by atoms with van der Waals surface area (Å²) < 4.78 is 6.40. The van der Waals surface area contributed by atoms with E-state index < -0.39 is 0 Å². The zero-order valence-corrected chi connectivity index (χ0v) is 21.6. The van der Waals surface area contributed by atoms with Crippen LogP contribution < -0.4 is 5.32 Å². The quantitative estimate of drug-likeness (QED) is 0.394. The van der Waals surface area contributed by atoms with Crippen molar-refractivity contribution in [1.29, 1.82) is 0 Å². The van der Waals surface area contributed by atoms with E-state index >= 15 is 0 Å². The monoisotopic (exact) mass is 471 g/mol. The lowest BCUT2D eigenvalue weighted by Gasteiger charge is -2.46. The van der Waals surface area contributed by atoms with Crippen LogP contribution in [0.25, 0.3) is 0 Å². The van der Waals surface area contributed by atoms with Gasteiger partial charge in [0, 0.05) is 25.2 Å². The van der Waals surface area contributed by atoms with Crippen LogP contribution in [-0.2, 0) is 23.4 Å². The average molecular weight is 472 g/mol. The van der Waals surface area contributed by atoms with E-state index in [1.807, 2.05) is 7.05 Å². The molecule has 1 fully saturated rings. The van der Waals surface area contributed by atoms with Crippen LogP contribution >= 0.6 is 0 Å². The van der Waals surface area contributed by atoms with Gasteiger partial charge in [0.25, 0.3) is 0 Å². The molecule has 3 aromatic rings. The van der Waals surface area contributed by atoms with Crippen molar-refractivity contribution in [3.63, 3.8) is 0 Å². The van der Waals surface area contributed by atoms with Crippen molar-refractivity contribution in [1.82, 2.24) is 15.1 Å². The number of nitrogens with one attached hydrogen (secondary N) is 1. The Morgan fingerprint density at radius 2 is 1.54 bits per heavy atom. The minimum Gasteiger partial charge on any atom is -0.369 e. The Morgan fingerprint density at radius 3 is 2.20 bits per heavy atom. The van der Waals surface area contributed by atoms with Gasteiger partial charge in [-0.15, -0.1) is 0 Å². The molecule has 1 N–H and O–H groups in total. The molecule has 0 spiro atoms. The molecule has 0 saturated carbocycles. The van der Waals surface area contributed by atoms with Gasteiger partial charge in [0.1, 0.15) is 0 Å². The molecule has 1 atom stereocenters. The first kappa shape index (κ1) is 25.6. The van der Waals surface area contributed by atoms with Crippen LogP contribution in [0.2, 0.25) is 0 Å². The van der Waals surface area contributed by atoms with Crippen molar-refractivity contribution in [2.24, 2.45) is 0 Å². The zero-order chi connectivity index (χ0) is 24.5. The molecule has 1 aliphatic rings. The topological polar surface area (TPSA) is 27.7 Å². The summed E-state index contributed by atoms with van der Waals surface area (Å²) >= 11 is 0. The van der Waals surface area contributed by atoms with Crippen molar-refractivity contribution >= 4 is 0 Å². The summed E-state index contributed by atoms with van der Waals surface area (Å²) in [4.78, 5) is 5.03. The lowest BCUT2D eigenvalue weighted by Crippen LogP contribution is -2.50. The van der Waals surface area contributed by atoms with Crippen molar-refractivity contribution in [2.75, 3.05) is 40.8 Å². The highest BCUT2D eigenvalue weighted by Gasteiger charge is 2.37. The van der Waals surface area contributed by atoms with Crippen molar-refractivity contribution < 1.29 is 4.74 Å². The fourth-order valence-electron chi connectivity index (χ4n) is 5.39. The first-order valence-electron chi connectivity index (χ1n) is 12.9. The SMILES string of the molecule is CNCCC(OCc1cccc(CN2CCC(c3ccccc3)(N(C)C)CC2)c1)c1ccccc1. The predicted octanol–water partition coefficient (Wildman–Crippen LogP) is 5.61. The van der Waals surface area contributed by atoms with Gasteiger partial charge in [0.15, 0.2) is 0 Å². The Labute approximate surface area is 211 Å². The van der Waals surface area contributed by atoms with E-state index in [1.165, 1.54) is 22.3 Å². The molecule has 35 heavy (non-hydrogen) atoms.